The van der Waals surface area contributed by atoms with E-state index in [-0.39, 0.29) is 29.7 Å². The zero-order valence-corrected chi connectivity index (χ0v) is 32.4. The van der Waals surface area contributed by atoms with Crippen LogP contribution in [0.25, 0.3) is 0 Å². The van der Waals surface area contributed by atoms with Crippen LogP contribution >= 0.6 is 0 Å². The van der Waals surface area contributed by atoms with E-state index in [1.807, 2.05) is 11.0 Å². The van der Waals surface area contributed by atoms with Crippen molar-refractivity contribution in [3.05, 3.63) is 46.0 Å². The molecule has 8 aliphatic heterocycles. The molecule has 8 heteroatoms. The van der Waals surface area contributed by atoms with Crippen LogP contribution in [0.2, 0.25) is 0 Å². The van der Waals surface area contributed by atoms with E-state index in [0.29, 0.717) is 67.0 Å². The van der Waals surface area contributed by atoms with Crippen LogP contribution in [0.3, 0.4) is 0 Å². The van der Waals surface area contributed by atoms with Crippen molar-refractivity contribution in [3.63, 3.8) is 0 Å². The molecule has 2 spiro atoms. The number of benzene rings is 1. The molecule has 10 bridgehead atoms. The Morgan fingerprint density at radius 3 is 2.55 bits per heavy atom. The van der Waals surface area contributed by atoms with Crippen LogP contribution in [-0.4, -0.2) is 73.5 Å². The molecule has 53 heavy (non-hydrogen) atoms. The molecule has 0 aromatic heterocycles. The number of hydrogen-bond acceptors (Lipinski definition) is 7. The number of ether oxygens (including phenoxy) is 2. The van der Waals surface area contributed by atoms with E-state index in [0.717, 1.165) is 75.6 Å². The van der Waals surface area contributed by atoms with Crippen LogP contribution in [0.4, 0.5) is 0 Å². The topological polar surface area (TPSA) is 103 Å². The summed E-state index contributed by atoms with van der Waals surface area (Å²) in [4.78, 5) is 49.7. The molecule has 12 aliphatic rings. The number of aryl methyl sites for hydroxylation is 1. The Kier molecular flexibility index (Phi) is 8.22. The Morgan fingerprint density at radius 2 is 1.79 bits per heavy atom. The smallest absolute Gasteiger partial charge is 0.339 e. The molecule has 1 aromatic rings. The van der Waals surface area contributed by atoms with Gasteiger partial charge in [-0.15, -0.1) is 0 Å². The predicted octanol–water partition coefficient (Wildman–Crippen LogP) is 5.16. The second-order valence-corrected chi connectivity index (χ2v) is 19.3. The summed E-state index contributed by atoms with van der Waals surface area (Å²) in [5.74, 6) is 2.43. The molecule has 2 saturated carbocycles. The van der Waals surface area contributed by atoms with Gasteiger partial charge in [0.1, 0.15) is 5.41 Å². The molecule has 5 saturated heterocycles. The Balaban J connectivity index is 1.22. The molecule has 8 heterocycles. The third-order valence-corrected chi connectivity index (χ3v) is 17.1. The van der Waals surface area contributed by atoms with Gasteiger partial charge in [0.05, 0.1) is 30.1 Å². The zero-order chi connectivity index (χ0) is 36.4. The molecule has 1 aromatic carbocycles. The molecule has 8 nitrogen and oxygen atoms in total. The standard InChI is InChI=1S/C45H61N3O5/c1-4-8-30-21-36(49)40-43-18-17-32-33(15-14-31-26(3)13-16-35(39(31)32)48-24-27-20-28(25-48)23-47(30)22-27)44(43,42(51)52-40)37(9-5-2)45(43)34-12-6-10-29(11-7-19-46)38(34)41(50)53-45/h6,10,12,26-28,30-31,35,37,39-40H,4-5,7-9,11,13-25,46H2,1-3H3/p+1/t26-,27-,28-,30+,31-,35?,37-,39+,40-,43+,44-,45-/m0/s1. The van der Waals surface area contributed by atoms with Crippen molar-refractivity contribution in [3.8, 4) is 0 Å². The van der Waals surface area contributed by atoms with E-state index in [1.54, 1.807) is 5.57 Å². The monoisotopic (exact) mass is 724 g/mol. The summed E-state index contributed by atoms with van der Waals surface area (Å²) in [7, 11) is 0. The number of quaternary nitrogens is 1. The van der Waals surface area contributed by atoms with E-state index in [1.165, 1.54) is 37.9 Å². The molecule has 286 valence electrons. The van der Waals surface area contributed by atoms with Crippen LogP contribution in [0.15, 0.2) is 29.3 Å². The molecule has 12 atom stereocenters. The highest BCUT2D eigenvalue weighted by atomic mass is 16.6. The van der Waals surface area contributed by atoms with Gasteiger partial charge < -0.3 is 20.1 Å². The first kappa shape index (κ1) is 34.9. The predicted molar refractivity (Wildman–Crippen MR) is 201 cm³/mol. The Labute approximate surface area is 315 Å². The SMILES string of the molecule is CCC[C@@H]1CC(=O)[C@@H]2OC(=O)[C@@]34C5=C(CC[C@@]23[C@@]2(OC(=O)c3c(CCCN)cccc32)[C@H]4CCC)[C@@H]2C(CC[C@H](C)[C@@H]2CC5)[NH+]2C[C@H]3C[C@@H](CN1C3)C2. The minimum absolute atomic E-state index is 0.0524. The van der Waals surface area contributed by atoms with E-state index in [4.69, 9.17) is 15.2 Å². The lowest BCUT2D eigenvalue weighted by Gasteiger charge is -2.72. The molecular weight excluding hydrogens is 663 g/mol. The maximum Gasteiger partial charge on any atom is 0.339 e. The van der Waals surface area contributed by atoms with Gasteiger partial charge in [0.25, 0.3) is 0 Å². The Hall–Kier alpha value is -2.55. The summed E-state index contributed by atoms with van der Waals surface area (Å²) < 4.78 is 13.7. The number of Topliss-reactive ketones (excluding diaryl/α,β-unsaturated/α-hetero) is 1. The molecule has 0 radical (unpaired) electrons. The van der Waals surface area contributed by atoms with Gasteiger partial charge in [-0.2, -0.15) is 0 Å². The second kappa shape index (κ2) is 12.5. The third-order valence-electron chi connectivity index (χ3n) is 17.1. The Bertz CT molecular complexity index is 1740. The lowest BCUT2D eigenvalue weighted by molar-refractivity contribution is -0.943. The van der Waals surface area contributed by atoms with Gasteiger partial charge in [-0.1, -0.05) is 63.0 Å². The largest absolute Gasteiger partial charge is 0.453 e. The summed E-state index contributed by atoms with van der Waals surface area (Å²) in [6.45, 7) is 12.1. The number of carbonyl (C=O) groups is 3. The van der Waals surface area contributed by atoms with E-state index < -0.39 is 22.5 Å². The number of piperidine rings is 2. The minimum Gasteiger partial charge on any atom is -0.453 e. The summed E-state index contributed by atoms with van der Waals surface area (Å²) in [5, 5.41) is 0. The number of hydrogen-bond donors (Lipinski definition) is 2. The van der Waals surface area contributed by atoms with Gasteiger partial charge >= 0.3 is 11.9 Å². The molecule has 1 unspecified atom stereocenters. The lowest BCUT2D eigenvalue weighted by atomic mass is 9.27. The first-order chi connectivity index (χ1) is 25.7. The van der Waals surface area contributed by atoms with Crippen LogP contribution in [0.5, 0.6) is 0 Å². The lowest BCUT2D eigenvalue weighted by Crippen LogP contribution is -3.19. The molecule has 7 fully saturated rings. The maximum atomic E-state index is 15.4. The van der Waals surface area contributed by atoms with Gasteiger partial charge in [-0.3, -0.25) is 14.5 Å². The van der Waals surface area contributed by atoms with E-state index >= 15 is 9.59 Å². The average Bonchev–Trinajstić information content (AvgIpc) is 3.61. The second-order valence-electron chi connectivity index (χ2n) is 19.3. The molecule has 0 amide bonds. The zero-order valence-electron chi connectivity index (χ0n) is 32.4. The number of esters is 2. The fourth-order valence-electron chi connectivity index (χ4n) is 15.7. The van der Waals surface area contributed by atoms with Crippen LogP contribution < -0.4 is 10.6 Å². The van der Waals surface area contributed by atoms with Gasteiger partial charge in [-0.05, 0) is 88.2 Å². The average molecular weight is 725 g/mol. The molecular formula is C45H62N3O5+. The summed E-state index contributed by atoms with van der Waals surface area (Å²) in [5.41, 5.74) is 8.43. The van der Waals surface area contributed by atoms with Crippen LogP contribution in [0, 0.1) is 46.3 Å². The van der Waals surface area contributed by atoms with Gasteiger partial charge in [0.15, 0.2) is 17.5 Å². The van der Waals surface area contributed by atoms with Crippen molar-refractivity contribution < 1.29 is 28.8 Å². The first-order valence-electron chi connectivity index (χ1n) is 21.9. The normalized spacial score (nSPS) is 46.1. The van der Waals surface area contributed by atoms with Gasteiger partial charge in [0.2, 0.25) is 0 Å². The van der Waals surface area contributed by atoms with E-state index in [2.05, 4.69) is 37.8 Å². The molecule has 3 N–H and O–H groups in total. The minimum atomic E-state index is -1.07. The number of nitrogens with one attached hydrogen (secondary N) is 1. The number of rotatable bonds is 7. The van der Waals surface area contributed by atoms with Crippen molar-refractivity contribution in [2.45, 2.75) is 134 Å². The number of ketones is 1. The van der Waals surface area contributed by atoms with Crippen molar-refractivity contribution in [2.24, 2.45) is 52.1 Å². The Morgan fingerprint density at radius 1 is 1.00 bits per heavy atom. The number of nitrogens with two attached hydrogens (primary N) is 1. The third kappa shape index (κ3) is 4.32. The van der Waals surface area contributed by atoms with Gasteiger partial charge in [-0.25, -0.2) is 4.79 Å². The van der Waals surface area contributed by atoms with Crippen molar-refractivity contribution in [1.29, 1.82) is 0 Å². The summed E-state index contributed by atoms with van der Waals surface area (Å²) in [6.07, 6.45) is 11.9. The highest BCUT2D eigenvalue weighted by Crippen LogP contribution is 2.86. The number of carbonyl (C=O) groups excluding carboxylic acids is 3. The van der Waals surface area contributed by atoms with Crippen LogP contribution in [0.1, 0.15) is 126 Å². The maximum absolute atomic E-state index is 15.4. The summed E-state index contributed by atoms with van der Waals surface area (Å²) in [6, 6.07) is 6.93. The highest BCUT2D eigenvalue weighted by Gasteiger charge is 2.94. The fraction of sp³-hybridized carbons (Fsp3) is 0.756. The highest BCUT2D eigenvalue weighted by molar-refractivity contribution is 6.02. The first-order valence-corrected chi connectivity index (χ1v) is 21.9. The quantitative estimate of drug-likeness (QED) is 0.296. The van der Waals surface area contributed by atoms with E-state index in [9.17, 15) is 4.79 Å². The molecule has 13 rings (SSSR count). The van der Waals surface area contributed by atoms with Crippen LogP contribution in [-0.2, 0) is 31.1 Å². The van der Waals surface area contributed by atoms with Gasteiger partial charge in [0, 0.05) is 61.2 Å². The van der Waals surface area contributed by atoms with Crippen molar-refractivity contribution in [2.75, 3.05) is 32.7 Å². The van der Waals surface area contributed by atoms with Crippen molar-refractivity contribution in [1.82, 2.24) is 4.90 Å². The number of fused-ring (bicyclic) bond motifs is 2. The molecule has 4 aliphatic carbocycles. The fourth-order valence-corrected chi connectivity index (χ4v) is 15.7. The van der Waals surface area contributed by atoms with Crippen molar-refractivity contribution >= 4 is 17.7 Å². The summed E-state index contributed by atoms with van der Waals surface area (Å²) >= 11 is 0. The number of nitrogens with zero attached hydrogens (tertiary/aromatic N) is 1.